The highest BCUT2D eigenvalue weighted by atomic mass is 32.2. The van der Waals surface area contributed by atoms with Crippen LogP contribution in [0.25, 0.3) is 0 Å². The summed E-state index contributed by atoms with van der Waals surface area (Å²) in [5, 5.41) is 9.02. The molecule has 7 nitrogen and oxygen atoms in total. The standard InChI is InChI=1S/C12H15N3O4S2/c1-8-6-10(20-11(8)12(16)17)21(18,19)15(3)7-9-13-4-5-14(9)2/h4-6H,7H2,1-3H3,(H,16,17). The molecular formula is C12H15N3O4S2. The van der Waals surface area contributed by atoms with E-state index in [2.05, 4.69) is 4.98 Å². The molecule has 0 saturated carbocycles. The molecule has 0 amide bonds. The van der Waals surface area contributed by atoms with Gasteiger partial charge in [-0.15, -0.1) is 11.3 Å². The molecule has 0 aromatic carbocycles. The number of aromatic carboxylic acids is 1. The Morgan fingerprint density at radius 1 is 1.52 bits per heavy atom. The maximum atomic E-state index is 12.5. The molecule has 2 heterocycles. The molecule has 0 aliphatic carbocycles. The molecule has 0 saturated heterocycles. The summed E-state index contributed by atoms with van der Waals surface area (Å²) in [5.41, 5.74) is 0.441. The number of carboxylic acids is 1. The Morgan fingerprint density at radius 2 is 2.19 bits per heavy atom. The van der Waals surface area contributed by atoms with Gasteiger partial charge in [-0.2, -0.15) is 4.31 Å². The van der Waals surface area contributed by atoms with Crippen LogP contribution in [0.1, 0.15) is 21.1 Å². The monoisotopic (exact) mass is 329 g/mol. The van der Waals surface area contributed by atoms with E-state index < -0.39 is 16.0 Å². The topological polar surface area (TPSA) is 92.5 Å². The van der Waals surface area contributed by atoms with E-state index in [0.29, 0.717) is 11.4 Å². The van der Waals surface area contributed by atoms with Gasteiger partial charge in [0.2, 0.25) is 0 Å². The highest BCUT2D eigenvalue weighted by Gasteiger charge is 2.26. The third kappa shape index (κ3) is 2.99. The van der Waals surface area contributed by atoms with Gasteiger partial charge in [0.25, 0.3) is 10.0 Å². The fourth-order valence-electron chi connectivity index (χ4n) is 1.78. The quantitative estimate of drug-likeness (QED) is 0.893. The zero-order valence-corrected chi connectivity index (χ0v) is 13.4. The summed E-state index contributed by atoms with van der Waals surface area (Å²) < 4.78 is 27.8. The zero-order chi connectivity index (χ0) is 15.8. The summed E-state index contributed by atoms with van der Waals surface area (Å²) in [6, 6.07) is 1.39. The van der Waals surface area contributed by atoms with E-state index in [0.717, 1.165) is 15.6 Å². The molecule has 0 radical (unpaired) electrons. The lowest BCUT2D eigenvalue weighted by atomic mass is 10.3. The molecule has 0 fully saturated rings. The van der Waals surface area contributed by atoms with E-state index in [1.54, 1.807) is 30.9 Å². The van der Waals surface area contributed by atoms with Gasteiger partial charge in [-0.25, -0.2) is 18.2 Å². The van der Waals surface area contributed by atoms with E-state index in [-0.39, 0.29) is 15.6 Å². The number of thiophene rings is 1. The van der Waals surface area contributed by atoms with Crippen LogP contribution < -0.4 is 0 Å². The maximum absolute atomic E-state index is 12.5. The fraction of sp³-hybridized carbons (Fsp3) is 0.333. The third-order valence-corrected chi connectivity index (χ3v) is 6.52. The van der Waals surface area contributed by atoms with Crippen molar-refractivity contribution in [2.45, 2.75) is 17.7 Å². The van der Waals surface area contributed by atoms with Gasteiger partial charge in [0.15, 0.2) is 0 Å². The molecule has 0 spiro atoms. The number of hydrogen-bond acceptors (Lipinski definition) is 5. The zero-order valence-electron chi connectivity index (χ0n) is 11.8. The average molecular weight is 329 g/mol. The van der Waals surface area contributed by atoms with Crippen molar-refractivity contribution in [2.24, 2.45) is 7.05 Å². The van der Waals surface area contributed by atoms with Crippen molar-refractivity contribution in [3.8, 4) is 0 Å². The second-order valence-corrected chi connectivity index (χ2v) is 7.92. The Balaban J connectivity index is 2.31. The van der Waals surface area contributed by atoms with Gasteiger partial charge in [-0.1, -0.05) is 0 Å². The lowest BCUT2D eigenvalue weighted by molar-refractivity contribution is 0.0701. The predicted molar refractivity (Wildman–Crippen MR) is 77.9 cm³/mol. The van der Waals surface area contributed by atoms with Crippen LogP contribution >= 0.6 is 11.3 Å². The number of aryl methyl sites for hydroxylation is 2. The van der Waals surface area contributed by atoms with Crippen LogP contribution in [-0.2, 0) is 23.6 Å². The molecule has 0 bridgehead atoms. The molecule has 2 aromatic rings. The minimum Gasteiger partial charge on any atom is -0.477 e. The Morgan fingerprint density at radius 3 is 2.67 bits per heavy atom. The van der Waals surface area contributed by atoms with Crippen molar-refractivity contribution in [1.29, 1.82) is 0 Å². The van der Waals surface area contributed by atoms with E-state index in [1.807, 2.05) is 0 Å². The van der Waals surface area contributed by atoms with Crippen molar-refractivity contribution in [3.63, 3.8) is 0 Å². The number of carboxylic acid groups (broad SMARTS) is 1. The first kappa shape index (κ1) is 15.7. The van der Waals surface area contributed by atoms with Crippen molar-refractivity contribution in [3.05, 3.63) is 34.7 Å². The highest BCUT2D eigenvalue weighted by molar-refractivity contribution is 7.91. The number of sulfonamides is 1. The lowest BCUT2D eigenvalue weighted by Gasteiger charge is -2.15. The van der Waals surface area contributed by atoms with Crippen LogP contribution in [0.2, 0.25) is 0 Å². The Bertz CT molecular complexity index is 776. The summed E-state index contributed by atoms with van der Waals surface area (Å²) in [6.45, 7) is 1.70. The van der Waals surface area contributed by atoms with Crippen molar-refractivity contribution < 1.29 is 18.3 Å². The lowest BCUT2D eigenvalue weighted by Crippen LogP contribution is -2.27. The summed E-state index contributed by atoms with van der Waals surface area (Å²) in [5.74, 6) is -0.515. The van der Waals surface area contributed by atoms with Crippen LogP contribution in [0.3, 0.4) is 0 Å². The number of carbonyl (C=O) groups is 1. The van der Waals surface area contributed by atoms with Crippen LogP contribution in [0.15, 0.2) is 22.7 Å². The van der Waals surface area contributed by atoms with E-state index in [9.17, 15) is 13.2 Å². The van der Waals surface area contributed by atoms with Gasteiger partial charge in [0.05, 0.1) is 6.54 Å². The molecule has 9 heteroatoms. The first-order chi connectivity index (χ1) is 9.73. The summed E-state index contributed by atoms with van der Waals surface area (Å²) >= 11 is 0.763. The summed E-state index contributed by atoms with van der Waals surface area (Å²) in [4.78, 5) is 15.1. The summed E-state index contributed by atoms with van der Waals surface area (Å²) in [7, 11) is -0.509. The summed E-state index contributed by atoms with van der Waals surface area (Å²) in [6.07, 6.45) is 3.32. The molecule has 2 aromatic heterocycles. The maximum Gasteiger partial charge on any atom is 0.346 e. The van der Waals surface area contributed by atoms with Gasteiger partial charge < -0.3 is 9.67 Å². The Kier molecular flexibility index (Phi) is 4.17. The van der Waals surface area contributed by atoms with Crippen LogP contribution in [0.4, 0.5) is 0 Å². The van der Waals surface area contributed by atoms with Crippen molar-refractivity contribution >= 4 is 27.3 Å². The number of aromatic nitrogens is 2. The van der Waals surface area contributed by atoms with E-state index in [4.69, 9.17) is 5.11 Å². The largest absolute Gasteiger partial charge is 0.477 e. The van der Waals surface area contributed by atoms with Gasteiger partial charge in [0, 0.05) is 26.5 Å². The highest BCUT2D eigenvalue weighted by Crippen LogP contribution is 2.28. The van der Waals surface area contributed by atoms with E-state index >= 15 is 0 Å². The van der Waals surface area contributed by atoms with E-state index in [1.165, 1.54) is 13.1 Å². The molecule has 21 heavy (non-hydrogen) atoms. The Hall–Kier alpha value is -1.71. The first-order valence-electron chi connectivity index (χ1n) is 5.99. The minimum atomic E-state index is -3.73. The normalized spacial score (nSPS) is 12.0. The molecule has 2 rings (SSSR count). The molecule has 0 atom stereocenters. The van der Waals surface area contributed by atoms with Crippen molar-refractivity contribution in [2.75, 3.05) is 7.05 Å². The third-order valence-electron chi connectivity index (χ3n) is 3.04. The fourth-order valence-corrected chi connectivity index (χ4v) is 4.49. The van der Waals surface area contributed by atoms with Gasteiger partial charge >= 0.3 is 5.97 Å². The molecular weight excluding hydrogens is 314 g/mol. The predicted octanol–water partition coefficient (Wildman–Crippen LogP) is 1.31. The van der Waals surface area contributed by atoms with Crippen LogP contribution in [0, 0.1) is 6.92 Å². The number of hydrogen-bond donors (Lipinski definition) is 1. The Labute approximate surface area is 126 Å². The van der Waals surface area contributed by atoms with Gasteiger partial charge in [0.1, 0.15) is 14.9 Å². The molecule has 0 aliphatic heterocycles. The second-order valence-electron chi connectivity index (χ2n) is 4.60. The molecule has 114 valence electrons. The SMILES string of the molecule is Cc1cc(S(=O)(=O)N(C)Cc2nccn2C)sc1C(=O)O. The van der Waals surface area contributed by atoms with Gasteiger partial charge in [-0.05, 0) is 18.6 Å². The smallest absolute Gasteiger partial charge is 0.346 e. The number of imidazole rings is 1. The molecule has 0 aliphatic rings. The number of rotatable bonds is 5. The van der Waals surface area contributed by atoms with Crippen LogP contribution in [-0.4, -0.2) is 40.4 Å². The van der Waals surface area contributed by atoms with Crippen LogP contribution in [0.5, 0.6) is 0 Å². The second kappa shape index (κ2) is 5.58. The average Bonchev–Trinajstić information content (AvgIpc) is 2.96. The molecule has 1 N–H and O–H groups in total. The first-order valence-corrected chi connectivity index (χ1v) is 8.25. The number of nitrogens with zero attached hydrogens (tertiary/aromatic N) is 3. The van der Waals surface area contributed by atoms with Gasteiger partial charge in [-0.3, -0.25) is 0 Å². The van der Waals surface area contributed by atoms with Crippen molar-refractivity contribution in [1.82, 2.24) is 13.9 Å². The minimum absolute atomic E-state index is 0.0223. The molecule has 0 unspecified atom stereocenters.